The van der Waals surface area contributed by atoms with Crippen LogP contribution >= 0.6 is 11.8 Å². The minimum atomic E-state index is -2.88. The highest BCUT2D eigenvalue weighted by Crippen LogP contribution is 2.37. The van der Waals surface area contributed by atoms with Gasteiger partial charge >= 0.3 is 6.09 Å². The molecule has 0 spiro atoms. The van der Waals surface area contributed by atoms with Crippen LogP contribution in [0.3, 0.4) is 0 Å². The molecule has 0 heterocycles. The van der Waals surface area contributed by atoms with E-state index in [0.29, 0.717) is 5.56 Å². The molecule has 3 aromatic rings. The van der Waals surface area contributed by atoms with E-state index in [1.165, 1.54) is 0 Å². The first-order valence-corrected chi connectivity index (χ1v) is 16.1. The third-order valence-electron chi connectivity index (χ3n) is 6.44. The number of ether oxygens (including phenoxy) is 1. The third kappa shape index (κ3) is 7.29. The lowest BCUT2D eigenvalue weighted by atomic mass is 10.0. The van der Waals surface area contributed by atoms with Crippen molar-refractivity contribution in [1.29, 1.82) is 0 Å². The Hall–Kier alpha value is -2.58. The van der Waals surface area contributed by atoms with Crippen LogP contribution in [0, 0.1) is 0 Å². The SMILES string of the molecule is CSc1ccc([C@@H](O)[C@@H](CO[Si](c2ccccc2)(c2ccccc2)C(C)(C)C)NC(=O)OC(C)(C)C)cc1. The molecule has 2 N–H and O–H groups in total. The molecule has 2 atom stereocenters. The summed E-state index contributed by atoms with van der Waals surface area (Å²) < 4.78 is 12.6. The Morgan fingerprint density at radius 1 is 0.868 bits per heavy atom. The van der Waals surface area contributed by atoms with Gasteiger partial charge in [-0.1, -0.05) is 93.6 Å². The van der Waals surface area contributed by atoms with Crippen LogP contribution in [0.2, 0.25) is 5.04 Å². The van der Waals surface area contributed by atoms with Gasteiger partial charge in [-0.15, -0.1) is 11.8 Å². The highest BCUT2D eigenvalue weighted by Gasteiger charge is 2.50. The average molecular weight is 552 g/mol. The molecule has 0 aliphatic rings. The first kappa shape index (κ1) is 30.0. The fraction of sp³-hybridized carbons (Fsp3) is 0.387. The first-order chi connectivity index (χ1) is 17.9. The zero-order valence-corrected chi connectivity index (χ0v) is 25.3. The Kier molecular flexibility index (Phi) is 9.87. The van der Waals surface area contributed by atoms with E-state index in [0.717, 1.165) is 15.3 Å². The van der Waals surface area contributed by atoms with E-state index in [9.17, 15) is 9.90 Å². The second kappa shape index (κ2) is 12.5. The molecular formula is C31H41NO4SSi. The van der Waals surface area contributed by atoms with E-state index in [2.05, 4.69) is 50.4 Å². The summed E-state index contributed by atoms with van der Waals surface area (Å²) in [4.78, 5) is 14.0. The normalized spacial score (nSPS) is 14.0. The molecule has 0 aliphatic carbocycles. The summed E-state index contributed by atoms with van der Waals surface area (Å²) in [6.45, 7) is 12.2. The summed E-state index contributed by atoms with van der Waals surface area (Å²) in [6, 6.07) is 27.6. The van der Waals surface area contributed by atoms with E-state index >= 15 is 0 Å². The van der Waals surface area contributed by atoms with Crippen molar-refractivity contribution in [2.45, 2.75) is 69.2 Å². The first-order valence-electron chi connectivity index (χ1n) is 12.9. The molecule has 0 fully saturated rings. The van der Waals surface area contributed by atoms with Crippen LogP contribution in [0.5, 0.6) is 0 Å². The molecule has 0 unspecified atom stereocenters. The van der Waals surface area contributed by atoms with E-state index in [1.54, 1.807) is 11.8 Å². The summed E-state index contributed by atoms with van der Waals surface area (Å²) in [7, 11) is -2.88. The van der Waals surface area contributed by atoms with Crippen molar-refractivity contribution in [2.24, 2.45) is 0 Å². The van der Waals surface area contributed by atoms with Gasteiger partial charge in [-0.3, -0.25) is 0 Å². The zero-order valence-electron chi connectivity index (χ0n) is 23.5. The Morgan fingerprint density at radius 3 is 1.79 bits per heavy atom. The van der Waals surface area contributed by atoms with Crippen LogP contribution < -0.4 is 15.7 Å². The van der Waals surface area contributed by atoms with Crippen LogP contribution in [-0.2, 0) is 9.16 Å². The predicted molar refractivity (Wildman–Crippen MR) is 160 cm³/mol. The number of hydrogen-bond donors (Lipinski definition) is 2. The van der Waals surface area contributed by atoms with Crippen molar-refractivity contribution >= 4 is 36.5 Å². The second-order valence-corrected chi connectivity index (χ2v) is 16.6. The largest absolute Gasteiger partial charge is 0.444 e. The Labute approximate surface area is 233 Å². The lowest BCUT2D eigenvalue weighted by Gasteiger charge is -2.44. The van der Waals surface area contributed by atoms with Crippen LogP contribution in [0.1, 0.15) is 53.2 Å². The number of thioether (sulfide) groups is 1. The highest BCUT2D eigenvalue weighted by atomic mass is 32.2. The van der Waals surface area contributed by atoms with Crippen molar-refractivity contribution in [3.63, 3.8) is 0 Å². The van der Waals surface area contributed by atoms with Crippen LogP contribution in [0.15, 0.2) is 89.8 Å². The number of benzene rings is 3. The molecule has 3 aromatic carbocycles. The minimum Gasteiger partial charge on any atom is -0.444 e. The number of aliphatic hydroxyl groups excluding tert-OH is 1. The van der Waals surface area contributed by atoms with Crippen LogP contribution in [-0.4, -0.2) is 44.0 Å². The van der Waals surface area contributed by atoms with Crippen LogP contribution in [0.25, 0.3) is 0 Å². The average Bonchev–Trinajstić information content (AvgIpc) is 2.87. The van der Waals surface area contributed by atoms with Gasteiger partial charge in [0.05, 0.1) is 12.6 Å². The molecule has 0 saturated carbocycles. The molecule has 0 bridgehead atoms. The van der Waals surface area contributed by atoms with E-state index in [1.807, 2.05) is 87.7 Å². The van der Waals surface area contributed by atoms with Crippen molar-refractivity contribution in [3.8, 4) is 0 Å². The number of carbonyl (C=O) groups excluding carboxylic acids is 1. The van der Waals surface area contributed by atoms with Gasteiger partial charge in [-0.2, -0.15) is 0 Å². The number of nitrogens with one attached hydrogen (secondary N) is 1. The highest BCUT2D eigenvalue weighted by molar-refractivity contribution is 7.98. The summed E-state index contributed by atoms with van der Waals surface area (Å²) in [6.07, 6.45) is 0.431. The van der Waals surface area contributed by atoms with Crippen molar-refractivity contribution in [1.82, 2.24) is 5.32 Å². The molecule has 0 aromatic heterocycles. The molecule has 3 rings (SSSR count). The van der Waals surface area contributed by atoms with Gasteiger partial charge < -0.3 is 19.6 Å². The van der Waals surface area contributed by atoms with E-state index in [-0.39, 0.29) is 11.6 Å². The predicted octanol–water partition coefficient (Wildman–Crippen LogP) is 5.91. The maximum absolute atomic E-state index is 12.9. The maximum Gasteiger partial charge on any atom is 0.408 e. The monoisotopic (exact) mass is 551 g/mol. The second-order valence-electron chi connectivity index (χ2n) is 11.4. The van der Waals surface area contributed by atoms with Gasteiger partial charge in [0.15, 0.2) is 0 Å². The fourth-order valence-electron chi connectivity index (χ4n) is 4.68. The molecule has 5 nitrogen and oxygen atoms in total. The zero-order chi connectivity index (χ0) is 28.0. The van der Waals surface area contributed by atoms with Gasteiger partial charge in [0.1, 0.15) is 11.7 Å². The molecule has 7 heteroatoms. The Balaban J connectivity index is 2.03. The van der Waals surface area contributed by atoms with E-state index < -0.39 is 32.2 Å². The maximum atomic E-state index is 12.9. The standard InChI is InChI=1S/C31H41NO4SSi/c1-30(2,3)36-29(34)32-27(28(33)23-18-20-24(37-7)21-19-23)22-35-38(31(4,5)6,25-14-10-8-11-15-25)26-16-12-9-13-17-26/h8-21,27-28,33H,22H2,1-7H3,(H,32,34)/t27-,28-/m1/s1. The lowest BCUT2D eigenvalue weighted by Crippen LogP contribution is -2.67. The molecule has 0 radical (unpaired) electrons. The Morgan fingerprint density at radius 2 is 1.37 bits per heavy atom. The minimum absolute atomic E-state index is 0.109. The van der Waals surface area contributed by atoms with E-state index in [4.69, 9.17) is 9.16 Å². The number of rotatable bonds is 9. The number of aliphatic hydroxyl groups is 1. The van der Waals surface area contributed by atoms with Gasteiger partial charge in [-0.25, -0.2) is 4.79 Å². The number of alkyl carbamates (subject to hydrolysis) is 1. The van der Waals surface area contributed by atoms with Crippen molar-refractivity contribution in [2.75, 3.05) is 12.9 Å². The van der Waals surface area contributed by atoms with Gasteiger partial charge in [0.25, 0.3) is 8.32 Å². The molecule has 204 valence electrons. The lowest BCUT2D eigenvalue weighted by molar-refractivity contribution is 0.0361. The van der Waals surface area contributed by atoms with Crippen molar-refractivity contribution < 1.29 is 19.1 Å². The Bertz CT molecular complexity index is 1120. The smallest absolute Gasteiger partial charge is 0.408 e. The number of carbonyl (C=O) groups is 1. The fourth-order valence-corrected chi connectivity index (χ4v) is 9.67. The molecular weight excluding hydrogens is 510 g/mol. The number of hydrogen-bond acceptors (Lipinski definition) is 5. The van der Waals surface area contributed by atoms with Crippen LogP contribution in [0.4, 0.5) is 4.79 Å². The van der Waals surface area contributed by atoms with Gasteiger partial charge in [-0.05, 0) is 60.1 Å². The number of amides is 1. The molecule has 38 heavy (non-hydrogen) atoms. The molecule has 1 amide bonds. The topological polar surface area (TPSA) is 67.8 Å². The summed E-state index contributed by atoms with van der Waals surface area (Å²) in [5.41, 5.74) is 0.0354. The van der Waals surface area contributed by atoms with Crippen molar-refractivity contribution in [3.05, 3.63) is 90.5 Å². The summed E-state index contributed by atoms with van der Waals surface area (Å²) in [5, 5.41) is 16.4. The molecule has 0 saturated heterocycles. The van der Waals surface area contributed by atoms with Gasteiger partial charge in [0, 0.05) is 4.90 Å². The summed E-state index contributed by atoms with van der Waals surface area (Å²) in [5.74, 6) is 0. The van der Waals surface area contributed by atoms with Gasteiger partial charge in [0.2, 0.25) is 0 Å². The quantitative estimate of drug-likeness (QED) is 0.256. The summed E-state index contributed by atoms with van der Waals surface area (Å²) >= 11 is 1.64. The third-order valence-corrected chi connectivity index (χ3v) is 12.2. The molecule has 0 aliphatic heterocycles.